The van der Waals surface area contributed by atoms with Crippen molar-refractivity contribution < 1.29 is 21.2 Å². The summed E-state index contributed by atoms with van der Waals surface area (Å²) in [4.78, 5) is 0. The average molecular weight is 1100 g/mol. The van der Waals surface area contributed by atoms with Crippen molar-refractivity contribution in [2.24, 2.45) is 0 Å². The second-order valence-corrected chi connectivity index (χ2v) is 22.6. The minimum Gasteiger partial charge on any atom is -0.493 e. The number of allylic oxidation sites excluding steroid dienone is 2. The van der Waals surface area contributed by atoms with Crippen LogP contribution in [0.2, 0.25) is 0 Å². The van der Waals surface area contributed by atoms with Gasteiger partial charge in [-0.25, -0.2) is 4.70 Å². The summed E-state index contributed by atoms with van der Waals surface area (Å²) in [6.07, 6.45) is 64.1. The SMILES string of the molecule is CCCCCCCCCCCCCCCCCCCCCC#CCCCc1ccccc1C1=C(CCCC)C(CCCC)=C(c2cccc(CCCCCCCCCCCCCCCCCCCC)c2)[N+]1=[N-].[CH2-]C.[CH2-]C.[Ni+2]. The first-order valence-corrected chi connectivity index (χ1v) is 33.7. The van der Waals surface area contributed by atoms with Crippen molar-refractivity contribution in [3.63, 3.8) is 0 Å². The topological polar surface area (TPSA) is 25.3 Å². The summed E-state index contributed by atoms with van der Waals surface area (Å²) in [5, 5.41) is 0. The van der Waals surface area contributed by atoms with Gasteiger partial charge < -0.3 is 19.4 Å². The molecule has 0 saturated carbocycles. The van der Waals surface area contributed by atoms with E-state index in [-0.39, 0.29) is 16.5 Å². The standard InChI is InChI=1S/C70H116N2.2C2H5.Ni/c1-5-9-13-15-17-19-21-23-25-27-29-30-31-32-33-34-36-38-40-42-44-46-48-50-56-64-57-51-52-61-66(64)70-68(60-12-8-4)67(59-11-7-3)69(72(70)71)65-58-53-55-63(62-65)54-49-47-45-43-41-39-37-35-28-26-24-22-20-18-16-14-10-6-2;2*1-2;/h51-53,55,57-58,61-62H,5-43,45,47-50,54,56,59-60H2,1-4H3;2*1H2,2H3;/q;2*-1;+2. The molecule has 3 rings (SSSR count). The molecule has 0 aromatic heterocycles. The first-order valence-electron chi connectivity index (χ1n) is 33.7. The molecule has 0 amide bonds. The molecule has 0 saturated heterocycles. The number of unbranched alkanes of at least 4 members (excludes halogenated alkanes) is 39. The summed E-state index contributed by atoms with van der Waals surface area (Å²) >= 11 is 0. The van der Waals surface area contributed by atoms with Gasteiger partial charge in [0.25, 0.3) is 0 Å². The van der Waals surface area contributed by atoms with Crippen LogP contribution in [0.4, 0.5) is 0 Å². The Balaban J connectivity index is 0.0000113. The van der Waals surface area contributed by atoms with Crippen LogP contribution in [0, 0.1) is 25.7 Å². The first-order chi connectivity index (χ1) is 37.7. The minimum atomic E-state index is 0. The van der Waals surface area contributed by atoms with Crippen LogP contribution in [0.1, 0.15) is 359 Å². The molecule has 442 valence electrons. The second-order valence-electron chi connectivity index (χ2n) is 22.6. The van der Waals surface area contributed by atoms with Crippen LogP contribution in [0.5, 0.6) is 0 Å². The zero-order valence-electron chi connectivity index (χ0n) is 52.2. The fraction of sp³-hybridized carbons (Fsp3) is 0.730. The molecule has 2 aromatic rings. The number of nitrogens with zero attached hydrogens (tertiary/aromatic N) is 2. The van der Waals surface area contributed by atoms with E-state index in [1.165, 1.54) is 271 Å². The van der Waals surface area contributed by atoms with Gasteiger partial charge in [-0.2, -0.15) is 13.8 Å². The molecule has 0 bridgehead atoms. The van der Waals surface area contributed by atoms with E-state index in [2.05, 4.69) is 102 Å². The smallest absolute Gasteiger partial charge is 0.493 e. The summed E-state index contributed by atoms with van der Waals surface area (Å²) in [5.41, 5.74) is 22.3. The zero-order chi connectivity index (χ0) is 55.2. The molecule has 1 aliphatic rings. The third kappa shape index (κ3) is 37.3. The Hall–Kier alpha value is -2.43. The van der Waals surface area contributed by atoms with Crippen molar-refractivity contribution in [1.29, 1.82) is 0 Å². The van der Waals surface area contributed by atoms with Crippen LogP contribution in [-0.4, -0.2) is 4.70 Å². The summed E-state index contributed by atoms with van der Waals surface area (Å²) in [5.74, 6) is 7.04. The van der Waals surface area contributed by atoms with Crippen LogP contribution in [-0.2, 0) is 29.3 Å². The molecule has 3 heteroatoms. The van der Waals surface area contributed by atoms with E-state index < -0.39 is 0 Å². The van der Waals surface area contributed by atoms with Gasteiger partial charge in [-0.05, 0) is 87.1 Å². The summed E-state index contributed by atoms with van der Waals surface area (Å²) in [6.45, 7) is 19.2. The van der Waals surface area contributed by atoms with Crippen molar-refractivity contribution in [3.05, 3.63) is 101 Å². The Morgan fingerprint density at radius 2 is 0.701 bits per heavy atom. The zero-order valence-corrected chi connectivity index (χ0v) is 53.2. The van der Waals surface area contributed by atoms with E-state index in [0.717, 1.165) is 82.0 Å². The maximum Gasteiger partial charge on any atom is 2.00 e. The van der Waals surface area contributed by atoms with Crippen LogP contribution < -0.4 is 0 Å². The van der Waals surface area contributed by atoms with Gasteiger partial charge >= 0.3 is 16.5 Å². The average Bonchev–Trinajstić information content (AvgIpc) is 3.77. The Morgan fingerprint density at radius 3 is 1.12 bits per heavy atom. The minimum absolute atomic E-state index is 0. The second kappa shape index (κ2) is 56.8. The van der Waals surface area contributed by atoms with Crippen LogP contribution >= 0.6 is 0 Å². The fourth-order valence-electron chi connectivity index (χ4n) is 11.4. The molecule has 77 heavy (non-hydrogen) atoms. The summed E-state index contributed by atoms with van der Waals surface area (Å²) < 4.78 is 1.62. The predicted molar refractivity (Wildman–Crippen MR) is 343 cm³/mol. The molecule has 0 radical (unpaired) electrons. The van der Waals surface area contributed by atoms with Crippen molar-refractivity contribution in [2.45, 2.75) is 350 Å². The maximum atomic E-state index is 12.4. The van der Waals surface area contributed by atoms with Crippen molar-refractivity contribution in [2.75, 3.05) is 0 Å². The number of benzene rings is 2. The predicted octanol–water partition coefficient (Wildman–Crippen LogP) is 25.6. The van der Waals surface area contributed by atoms with Gasteiger partial charge in [0.15, 0.2) is 0 Å². The van der Waals surface area contributed by atoms with Gasteiger partial charge in [-0.15, -0.1) is 11.8 Å². The van der Waals surface area contributed by atoms with Gasteiger partial charge in [0, 0.05) is 35.1 Å². The van der Waals surface area contributed by atoms with Crippen LogP contribution in [0.15, 0.2) is 59.7 Å². The molecular weight excluding hydrogens is 976 g/mol. The molecule has 0 atom stereocenters. The molecule has 0 fully saturated rings. The van der Waals surface area contributed by atoms with Gasteiger partial charge in [-0.3, -0.25) is 0 Å². The third-order valence-electron chi connectivity index (χ3n) is 16.0. The molecule has 2 nitrogen and oxygen atoms in total. The molecular formula is C74H126N2Ni. The van der Waals surface area contributed by atoms with E-state index in [1.807, 2.05) is 0 Å². The Morgan fingerprint density at radius 1 is 0.351 bits per heavy atom. The number of hydrogen-bond acceptors (Lipinski definition) is 0. The molecule has 0 spiro atoms. The van der Waals surface area contributed by atoms with E-state index in [0.29, 0.717) is 0 Å². The van der Waals surface area contributed by atoms with E-state index in [4.69, 9.17) is 0 Å². The Kier molecular flexibility index (Phi) is 55.0. The van der Waals surface area contributed by atoms with Crippen LogP contribution in [0.25, 0.3) is 16.9 Å². The number of hydrogen-bond donors (Lipinski definition) is 0. The molecule has 0 N–H and O–H groups in total. The summed E-state index contributed by atoms with van der Waals surface area (Å²) in [6, 6.07) is 18.1. The molecule has 1 aliphatic heterocycles. The van der Waals surface area contributed by atoms with E-state index in [9.17, 15) is 5.53 Å². The molecule has 0 unspecified atom stereocenters. The molecule has 2 aromatic carbocycles. The molecule has 0 aliphatic carbocycles. The maximum absolute atomic E-state index is 12.4. The largest absolute Gasteiger partial charge is 2.00 e. The summed E-state index contributed by atoms with van der Waals surface area (Å²) in [7, 11) is 0. The number of aryl methyl sites for hydroxylation is 2. The van der Waals surface area contributed by atoms with E-state index in [1.54, 1.807) is 18.5 Å². The quantitative estimate of drug-likeness (QED) is 0.0207. The Bertz CT molecular complexity index is 1750. The fourth-order valence-corrected chi connectivity index (χ4v) is 11.4. The van der Waals surface area contributed by atoms with Gasteiger partial charge in [0.1, 0.15) is 0 Å². The molecule has 1 heterocycles. The number of rotatable bonds is 49. The first kappa shape index (κ1) is 74.6. The third-order valence-corrected chi connectivity index (χ3v) is 16.0. The van der Waals surface area contributed by atoms with Gasteiger partial charge in [0.05, 0.1) is 0 Å². The van der Waals surface area contributed by atoms with Gasteiger partial charge in [-0.1, -0.05) is 296 Å². The van der Waals surface area contributed by atoms with Crippen molar-refractivity contribution in [1.82, 2.24) is 0 Å². The van der Waals surface area contributed by atoms with E-state index >= 15 is 0 Å². The van der Waals surface area contributed by atoms with Crippen LogP contribution in [0.3, 0.4) is 0 Å². The van der Waals surface area contributed by atoms with Crippen molar-refractivity contribution >= 4 is 11.4 Å². The van der Waals surface area contributed by atoms with Crippen molar-refractivity contribution in [3.8, 4) is 11.8 Å². The van der Waals surface area contributed by atoms with Gasteiger partial charge in [0.2, 0.25) is 11.4 Å². The Labute approximate surface area is 492 Å². The normalized spacial score (nSPS) is 12.0. The monoisotopic (exact) mass is 1100 g/mol.